The Bertz CT molecular complexity index is 535. The number of carbonyl (C=O) groups is 2. The van der Waals surface area contributed by atoms with E-state index in [2.05, 4.69) is 0 Å². The number of amides is 1. The Kier molecular flexibility index (Phi) is 4.82. The zero-order valence-electron chi connectivity index (χ0n) is 11.2. The van der Waals surface area contributed by atoms with Gasteiger partial charge in [0.1, 0.15) is 11.8 Å². The third-order valence-corrected chi connectivity index (χ3v) is 4.59. The molecule has 5 nitrogen and oxygen atoms in total. The lowest BCUT2D eigenvalue weighted by molar-refractivity contribution is -0.146. The van der Waals surface area contributed by atoms with E-state index >= 15 is 0 Å². The Morgan fingerprint density at radius 2 is 2.10 bits per heavy atom. The van der Waals surface area contributed by atoms with Crippen molar-refractivity contribution in [2.75, 3.05) is 19.1 Å². The first kappa shape index (κ1) is 15.1. The summed E-state index contributed by atoms with van der Waals surface area (Å²) in [6.45, 7) is 0.424. The van der Waals surface area contributed by atoms with E-state index in [9.17, 15) is 9.59 Å². The summed E-state index contributed by atoms with van der Waals surface area (Å²) in [6, 6.07) is 4.80. The van der Waals surface area contributed by atoms with Crippen LogP contribution in [0.5, 0.6) is 5.75 Å². The minimum Gasteiger partial charge on any atom is -0.480 e. The summed E-state index contributed by atoms with van der Waals surface area (Å²) in [4.78, 5) is 26.0. The number of carboxylic acids is 1. The number of rotatable bonds is 4. The highest BCUT2D eigenvalue weighted by Crippen LogP contribution is 2.32. The molecular formula is C13H15NO4S2. The van der Waals surface area contributed by atoms with E-state index in [1.165, 1.54) is 16.7 Å². The Hall–Kier alpha value is -1.34. The molecule has 0 saturated carbocycles. The highest BCUT2D eigenvalue weighted by Gasteiger charge is 2.39. The Morgan fingerprint density at radius 1 is 1.35 bits per heavy atom. The maximum atomic E-state index is 12.0. The van der Waals surface area contributed by atoms with E-state index in [4.69, 9.17) is 9.84 Å². The Balaban J connectivity index is 2.10. The minimum atomic E-state index is -0.990. The molecule has 0 spiro atoms. The number of thioether (sulfide) groups is 2. The second kappa shape index (κ2) is 6.41. The van der Waals surface area contributed by atoms with Crippen LogP contribution in [0.2, 0.25) is 0 Å². The molecule has 2 rings (SSSR count). The van der Waals surface area contributed by atoms with Crippen LogP contribution in [0.25, 0.3) is 0 Å². The predicted molar refractivity (Wildman–Crippen MR) is 78.8 cm³/mol. The minimum absolute atomic E-state index is 0.424. The van der Waals surface area contributed by atoms with Crippen molar-refractivity contribution in [3.8, 4) is 5.75 Å². The maximum absolute atomic E-state index is 12.0. The number of benzene rings is 1. The third kappa shape index (κ3) is 3.04. The van der Waals surface area contributed by atoms with Gasteiger partial charge in [0.25, 0.3) is 0 Å². The fourth-order valence-corrected chi connectivity index (χ4v) is 2.94. The van der Waals surface area contributed by atoms with Gasteiger partial charge in [-0.15, -0.1) is 23.5 Å². The van der Waals surface area contributed by atoms with E-state index in [1.54, 1.807) is 17.8 Å². The van der Waals surface area contributed by atoms with Gasteiger partial charge < -0.3 is 9.84 Å². The molecule has 1 heterocycles. The van der Waals surface area contributed by atoms with Gasteiger partial charge >= 0.3 is 12.1 Å². The zero-order chi connectivity index (χ0) is 14.7. The number of hydrogen-bond acceptors (Lipinski definition) is 5. The number of ether oxygens (including phenoxy) is 1. The zero-order valence-corrected chi connectivity index (χ0v) is 12.8. The van der Waals surface area contributed by atoms with Crippen LogP contribution >= 0.6 is 23.5 Å². The lowest BCUT2D eigenvalue weighted by atomic mass is 10.1. The second-order valence-corrected chi connectivity index (χ2v) is 5.95. The molecule has 1 aromatic carbocycles. The van der Waals surface area contributed by atoms with Crippen LogP contribution in [0, 0.1) is 0 Å². The smallest absolute Gasteiger partial charge is 0.416 e. The van der Waals surface area contributed by atoms with E-state index < -0.39 is 18.1 Å². The highest BCUT2D eigenvalue weighted by atomic mass is 32.2. The number of aliphatic carboxylic acids is 1. The summed E-state index contributed by atoms with van der Waals surface area (Å²) in [5.74, 6) is -0.521. The number of carbonyl (C=O) groups excluding carboxylic acids is 1. The first-order valence-electron chi connectivity index (χ1n) is 6.00. The van der Waals surface area contributed by atoms with E-state index in [1.807, 2.05) is 24.6 Å². The molecule has 1 atom stereocenters. The van der Waals surface area contributed by atoms with Crippen molar-refractivity contribution in [3.63, 3.8) is 0 Å². The molecule has 7 heteroatoms. The molecule has 20 heavy (non-hydrogen) atoms. The molecule has 0 bridgehead atoms. The SMILES string of the molecule is CSc1ccc(OC(=O)N2CCC2C(=O)O)c(SC)c1. The van der Waals surface area contributed by atoms with Crippen LogP contribution < -0.4 is 4.74 Å². The van der Waals surface area contributed by atoms with Crippen LogP contribution in [0.3, 0.4) is 0 Å². The van der Waals surface area contributed by atoms with Gasteiger partial charge in [0.05, 0.1) is 4.90 Å². The fourth-order valence-electron chi connectivity index (χ4n) is 1.87. The Morgan fingerprint density at radius 3 is 2.60 bits per heavy atom. The maximum Gasteiger partial charge on any atom is 0.416 e. The van der Waals surface area contributed by atoms with Crippen molar-refractivity contribution in [1.29, 1.82) is 0 Å². The first-order valence-corrected chi connectivity index (χ1v) is 8.45. The van der Waals surface area contributed by atoms with E-state index in [0.717, 1.165) is 9.79 Å². The molecule has 1 fully saturated rings. The monoisotopic (exact) mass is 313 g/mol. The van der Waals surface area contributed by atoms with Gasteiger partial charge in [0.15, 0.2) is 0 Å². The average Bonchev–Trinajstić information content (AvgIpc) is 2.37. The van der Waals surface area contributed by atoms with Gasteiger partial charge in [-0.3, -0.25) is 4.90 Å². The van der Waals surface area contributed by atoms with Gasteiger partial charge in [-0.25, -0.2) is 9.59 Å². The topological polar surface area (TPSA) is 66.8 Å². The summed E-state index contributed by atoms with van der Waals surface area (Å²) in [6.07, 6.45) is 3.75. The van der Waals surface area contributed by atoms with Gasteiger partial charge in [0, 0.05) is 11.4 Å². The average molecular weight is 313 g/mol. The molecule has 1 N–H and O–H groups in total. The fraction of sp³-hybridized carbons (Fsp3) is 0.385. The van der Waals surface area contributed by atoms with Gasteiger partial charge in [0.2, 0.25) is 0 Å². The summed E-state index contributed by atoms with van der Waals surface area (Å²) in [5.41, 5.74) is 0. The molecule has 0 aliphatic carbocycles. The first-order chi connectivity index (χ1) is 9.56. The van der Waals surface area contributed by atoms with Crippen molar-refractivity contribution in [2.24, 2.45) is 0 Å². The molecule has 1 aromatic rings. The summed E-state index contributed by atoms with van der Waals surface area (Å²) in [7, 11) is 0. The number of nitrogens with zero attached hydrogens (tertiary/aromatic N) is 1. The number of likely N-dealkylation sites (tertiary alicyclic amines) is 1. The van der Waals surface area contributed by atoms with Crippen molar-refractivity contribution < 1.29 is 19.4 Å². The molecule has 0 aromatic heterocycles. The molecule has 1 saturated heterocycles. The number of hydrogen-bond donors (Lipinski definition) is 1. The van der Waals surface area contributed by atoms with Gasteiger partial charge in [-0.05, 0) is 37.1 Å². The molecular weight excluding hydrogens is 298 g/mol. The lowest BCUT2D eigenvalue weighted by Crippen LogP contribution is -2.56. The molecule has 108 valence electrons. The lowest BCUT2D eigenvalue weighted by Gasteiger charge is -2.36. The quantitative estimate of drug-likeness (QED) is 0.862. The molecule has 1 aliphatic heterocycles. The van der Waals surface area contributed by atoms with Crippen LogP contribution in [0.4, 0.5) is 4.79 Å². The molecule has 1 aliphatic rings. The second-order valence-electron chi connectivity index (χ2n) is 4.22. The van der Waals surface area contributed by atoms with Crippen molar-refractivity contribution >= 4 is 35.6 Å². The summed E-state index contributed by atoms with van der Waals surface area (Å²) in [5, 5.41) is 8.93. The number of carboxylic acid groups (broad SMARTS) is 1. The summed E-state index contributed by atoms with van der Waals surface area (Å²) < 4.78 is 5.31. The van der Waals surface area contributed by atoms with Crippen LogP contribution in [-0.2, 0) is 4.79 Å². The Labute approximate surface area is 125 Å². The van der Waals surface area contributed by atoms with Crippen LogP contribution in [-0.4, -0.2) is 47.2 Å². The molecule has 1 unspecified atom stereocenters. The van der Waals surface area contributed by atoms with Crippen LogP contribution in [0.1, 0.15) is 6.42 Å². The molecule has 1 amide bonds. The van der Waals surface area contributed by atoms with Gasteiger partial charge in [-0.1, -0.05) is 0 Å². The third-order valence-electron chi connectivity index (χ3n) is 3.11. The van der Waals surface area contributed by atoms with Crippen molar-refractivity contribution in [1.82, 2.24) is 4.90 Å². The highest BCUT2D eigenvalue weighted by molar-refractivity contribution is 7.99. The van der Waals surface area contributed by atoms with Crippen molar-refractivity contribution in [3.05, 3.63) is 18.2 Å². The largest absolute Gasteiger partial charge is 0.480 e. The van der Waals surface area contributed by atoms with E-state index in [-0.39, 0.29) is 0 Å². The predicted octanol–water partition coefficient (Wildman–Crippen LogP) is 2.79. The van der Waals surface area contributed by atoms with Crippen LogP contribution in [0.15, 0.2) is 28.0 Å². The normalized spacial score (nSPS) is 17.5. The van der Waals surface area contributed by atoms with Crippen molar-refractivity contribution in [2.45, 2.75) is 22.3 Å². The summed E-state index contributed by atoms with van der Waals surface area (Å²) >= 11 is 3.10. The standard InChI is InChI=1S/C13H15NO4S2/c1-19-8-3-4-10(11(7-8)20-2)18-13(17)14-6-5-9(14)12(15)16/h3-4,7,9H,5-6H2,1-2H3,(H,15,16). The molecule has 0 radical (unpaired) electrons. The van der Waals surface area contributed by atoms with E-state index in [0.29, 0.717) is 18.7 Å². The van der Waals surface area contributed by atoms with Gasteiger partial charge in [-0.2, -0.15) is 0 Å².